The minimum Gasteiger partial charge on any atom is -0.353 e. The van der Waals surface area contributed by atoms with Crippen molar-refractivity contribution in [2.75, 3.05) is 36.4 Å². The van der Waals surface area contributed by atoms with Crippen LogP contribution in [0.3, 0.4) is 0 Å². The minimum atomic E-state index is -4.44. The molecule has 2 aromatic carbocycles. The number of amides is 2. The fraction of sp³-hybridized carbons (Fsp3) is 0.320. The zero-order valence-corrected chi connectivity index (χ0v) is 19.3. The van der Waals surface area contributed by atoms with Gasteiger partial charge < -0.3 is 15.1 Å². The van der Waals surface area contributed by atoms with Crippen molar-refractivity contribution in [3.05, 3.63) is 70.9 Å². The standard InChI is InChI=1S/C25H26F3N5O/c1-16-7-4-5-10-21(16)30-24(34)33-13-11-32(12-14-33)23-17(2)18(3)29-22(31-23)19-8-6-9-20(15-19)25(26,27)28/h4-10,15H,11-14H2,1-3H3,(H,30,34). The van der Waals surface area contributed by atoms with E-state index in [0.29, 0.717) is 43.3 Å². The van der Waals surface area contributed by atoms with Crippen molar-refractivity contribution in [1.29, 1.82) is 0 Å². The van der Waals surface area contributed by atoms with Crippen LogP contribution in [0.4, 0.5) is 29.5 Å². The molecule has 34 heavy (non-hydrogen) atoms. The summed E-state index contributed by atoms with van der Waals surface area (Å²) >= 11 is 0. The summed E-state index contributed by atoms with van der Waals surface area (Å²) in [6, 6.07) is 12.5. The number of hydrogen-bond donors (Lipinski definition) is 1. The molecule has 1 saturated heterocycles. The Labute approximate surface area is 196 Å². The molecule has 0 aliphatic carbocycles. The van der Waals surface area contributed by atoms with Gasteiger partial charge in [-0.3, -0.25) is 0 Å². The van der Waals surface area contributed by atoms with E-state index in [9.17, 15) is 18.0 Å². The summed E-state index contributed by atoms with van der Waals surface area (Å²) in [5.41, 5.74) is 2.93. The Hall–Kier alpha value is -3.62. The van der Waals surface area contributed by atoms with Gasteiger partial charge in [0, 0.05) is 48.7 Å². The molecule has 0 radical (unpaired) electrons. The van der Waals surface area contributed by atoms with Gasteiger partial charge in [-0.25, -0.2) is 14.8 Å². The second kappa shape index (κ2) is 9.32. The molecule has 9 heteroatoms. The van der Waals surface area contributed by atoms with Gasteiger partial charge >= 0.3 is 12.2 Å². The molecule has 0 saturated carbocycles. The van der Waals surface area contributed by atoms with E-state index >= 15 is 0 Å². The number of anilines is 2. The molecular weight excluding hydrogens is 443 g/mol. The number of urea groups is 1. The lowest BCUT2D eigenvalue weighted by Gasteiger charge is -2.36. The molecule has 1 N–H and O–H groups in total. The summed E-state index contributed by atoms with van der Waals surface area (Å²) in [4.78, 5) is 25.6. The fourth-order valence-corrected chi connectivity index (χ4v) is 3.91. The molecule has 4 rings (SSSR count). The van der Waals surface area contributed by atoms with Gasteiger partial charge in [-0.1, -0.05) is 30.3 Å². The highest BCUT2D eigenvalue weighted by Crippen LogP contribution is 2.32. The molecule has 6 nitrogen and oxygen atoms in total. The molecule has 3 aromatic rings. The number of hydrogen-bond acceptors (Lipinski definition) is 4. The maximum Gasteiger partial charge on any atom is 0.416 e. The van der Waals surface area contributed by atoms with E-state index in [4.69, 9.17) is 0 Å². The van der Waals surface area contributed by atoms with E-state index in [2.05, 4.69) is 20.2 Å². The highest BCUT2D eigenvalue weighted by Gasteiger charge is 2.31. The largest absolute Gasteiger partial charge is 0.416 e. The summed E-state index contributed by atoms with van der Waals surface area (Å²) in [7, 11) is 0. The van der Waals surface area contributed by atoms with Gasteiger partial charge in [0.05, 0.1) is 5.56 Å². The van der Waals surface area contributed by atoms with Crippen LogP contribution in [-0.4, -0.2) is 47.1 Å². The number of halogens is 3. The third-order valence-corrected chi connectivity index (χ3v) is 6.06. The van der Waals surface area contributed by atoms with Crippen LogP contribution in [-0.2, 0) is 6.18 Å². The van der Waals surface area contributed by atoms with Crippen LogP contribution in [0.15, 0.2) is 48.5 Å². The Morgan fingerprint density at radius 2 is 1.65 bits per heavy atom. The first-order chi connectivity index (χ1) is 16.1. The third-order valence-electron chi connectivity index (χ3n) is 6.06. The Balaban J connectivity index is 1.51. The second-order valence-corrected chi connectivity index (χ2v) is 8.38. The first-order valence-electron chi connectivity index (χ1n) is 11.0. The van der Waals surface area contributed by atoms with Gasteiger partial charge in [0.15, 0.2) is 5.82 Å². The number of carbonyl (C=O) groups excluding carboxylic acids is 1. The van der Waals surface area contributed by atoms with Crippen LogP contribution < -0.4 is 10.2 Å². The number of rotatable bonds is 3. The van der Waals surface area contributed by atoms with Crippen LogP contribution in [0.1, 0.15) is 22.4 Å². The van der Waals surface area contributed by atoms with Crippen LogP contribution in [0.25, 0.3) is 11.4 Å². The van der Waals surface area contributed by atoms with Crippen molar-refractivity contribution >= 4 is 17.5 Å². The zero-order valence-electron chi connectivity index (χ0n) is 19.3. The van der Waals surface area contributed by atoms with Gasteiger partial charge in [0.1, 0.15) is 5.82 Å². The molecule has 1 aliphatic heterocycles. The molecule has 1 fully saturated rings. The molecule has 0 bridgehead atoms. The second-order valence-electron chi connectivity index (χ2n) is 8.38. The highest BCUT2D eigenvalue weighted by molar-refractivity contribution is 5.90. The van der Waals surface area contributed by atoms with Crippen LogP contribution in [0, 0.1) is 20.8 Å². The number of alkyl halides is 3. The lowest BCUT2D eigenvalue weighted by molar-refractivity contribution is -0.137. The van der Waals surface area contributed by atoms with Crippen molar-refractivity contribution in [3.8, 4) is 11.4 Å². The predicted molar refractivity (Wildman–Crippen MR) is 126 cm³/mol. The van der Waals surface area contributed by atoms with E-state index < -0.39 is 11.7 Å². The Morgan fingerprint density at radius 3 is 2.32 bits per heavy atom. The number of carbonyl (C=O) groups is 1. The molecule has 178 valence electrons. The molecule has 2 heterocycles. The van der Waals surface area contributed by atoms with Crippen molar-refractivity contribution in [2.24, 2.45) is 0 Å². The third kappa shape index (κ3) is 4.98. The topological polar surface area (TPSA) is 61.4 Å². The number of nitrogens with one attached hydrogen (secondary N) is 1. The van der Waals surface area contributed by atoms with Gasteiger partial charge in [0.25, 0.3) is 0 Å². The van der Waals surface area contributed by atoms with Gasteiger partial charge in [0.2, 0.25) is 0 Å². The normalized spacial score (nSPS) is 14.3. The summed E-state index contributed by atoms with van der Waals surface area (Å²) in [5, 5.41) is 2.95. The van der Waals surface area contributed by atoms with Crippen LogP contribution in [0.5, 0.6) is 0 Å². The maximum atomic E-state index is 13.2. The van der Waals surface area contributed by atoms with E-state index in [0.717, 1.165) is 28.9 Å². The van der Waals surface area contributed by atoms with Crippen LogP contribution >= 0.6 is 0 Å². The van der Waals surface area contributed by atoms with E-state index in [-0.39, 0.29) is 11.9 Å². The average Bonchev–Trinajstić information content (AvgIpc) is 2.82. The lowest BCUT2D eigenvalue weighted by atomic mass is 10.1. The van der Waals surface area contributed by atoms with Gasteiger partial charge in [-0.2, -0.15) is 13.2 Å². The predicted octanol–water partition coefficient (Wildman–Crippen LogP) is 5.44. The molecule has 1 aromatic heterocycles. The zero-order chi connectivity index (χ0) is 24.5. The molecule has 0 unspecified atom stereocenters. The van der Waals surface area contributed by atoms with E-state index in [1.165, 1.54) is 6.07 Å². The minimum absolute atomic E-state index is 0.158. The van der Waals surface area contributed by atoms with Crippen molar-refractivity contribution < 1.29 is 18.0 Å². The Kier molecular flexibility index (Phi) is 6.45. The first-order valence-corrected chi connectivity index (χ1v) is 11.0. The number of benzene rings is 2. The molecular formula is C25H26F3N5O. The smallest absolute Gasteiger partial charge is 0.353 e. The quantitative estimate of drug-likeness (QED) is 0.555. The van der Waals surface area contributed by atoms with E-state index in [1.807, 2.05) is 45.0 Å². The summed E-state index contributed by atoms with van der Waals surface area (Å²) in [6.07, 6.45) is -4.44. The lowest BCUT2D eigenvalue weighted by Crippen LogP contribution is -2.50. The SMILES string of the molecule is Cc1ccccc1NC(=O)N1CCN(c2nc(-c3cccc(C(F)(F)F)c3)nc(C)c2C)CC1. The van der Waals surface area contributed by atoms with Gasteiger partial charge in [-0.05, 0) is 44.5 Å². The summed E-state index contributed by atoms with van der Waals surface area (Å²) in [5.74, 6) is 0.933. The Bertz CT molecular complexity index is 1200. The molecule has 0 spiro atoms. The van der Waals surface area contributed by atoms with Gasteiger partial charge in [-0.15, -0.1) is 0 Å². The summed E-state index contributed by atoms with van der Waals surface area (Å²) < 4.78 is 39.5. The van der Waals surface area contributed by atoms with Crippen molar-refractivity contribution in [1.82, 2.24) is 14.9 Å². The number of piperazine rings is 1. The molecule has 2 amide bonds. The number of aromatic nitrogens is 2. The van der Waals surface area contributed by atoms with Crippen molar-refractivity contribution in [2.45, 2.75) is 26.9 Å². The summed E-state index contributed by atoms with van der Waals surface area (Å²) in [6.45, 7) is 7.77. The average molecular weight is 470 g/mol. The first kappa shape index (κ1) is 23.5. The fourth-order valence-electron chi connectivity index (χ4n) is 3.91. The highest BCUT2D eigenvalue weighted by atomic mass is 19.4. The van der Waals surface area contributed by atoms with Crippen LogP contribution in [0.2, 0.25) is 0 Å². The number of aryl methyl sites for hydroxylation is 2. The maximum absolute atomic E-state index is 13.2. The Morgan fingerprint density at radius 1 is 0.941 bits per heavy atom. The molecule has 0 atom stereocenters. The molecule has 1 aliphatic rings. The number of nitrogens with zero attached hydrogens (tertiary/aromatic N) is 4. The van der Waals surface area contributed by atoms with Crippen molar-refractivity contribution in [3.63, 3.8) is 0 Å². The van der Waals surface area contributed by atoms with E-state index in [1.54, 1.807) is 11.0 Å². The number of para-hydroxylation sites is 1. The monoisotopic (exact) mass is 469 g/mol.